The number of carbonyl (C=O) groups excluding carboxylic acids is 1. The summed E-state index contributed by atoms with van der Waals surface area (Å²) >= 11 is 0. The van der Waals surface area contributed by atoms with Gasteiger partial charge in [0.15, 0.2) is 0 Å². The highest BCUT2D eigenvalue weighted by molar-refractivity contribution is 5.99. The lowest BCUT2D eigenvalue weighted by atomic mass is 10.1. The van der Waals surface area contributed by atoms with E-state index in [2.05, 4.69) is 10.4 Å². The molecule has 1 amide bonds. The van der Waals surface area contributed by atoms with Gasteiger partial charge < -0.3 is 5.32 Å². The summed E-state index contributed by atoms with van der Waals surface area (Å²) in [6.07, 6.45) is 0.378. The van der Waals surface area contributed by atoms with Crippen LogP contribution in [0.1, 0.15) is 11.1 Å². The van der Waals surface area contributed by atoms with Gasteiger partial charge in [-0.1, -0.05) is 24.3 Å². The molecule has 0 unspecified atom stereocenters. The van der Waals surface area contributed by atoms with Crippen LogP contribution in [0.2, 0.25) is 0 Å². The number of halogens is 1. The van der Waals surface area contributed by atoms with Crippen LogP contribution in [0, 0.1) is 5.82 Å². The summed E-state index contributed by atoms with van der Waals surface area (Å²) in [7, 11) is 0. The van der Waals surface area contributed by atoms with E-state index in [9.17, 15) is 14.0 Å². The van der Waals surface area contributed by atoms with Gasteiger partial charge in [0.1, 0.15) is 5.82 Å². The standard InChI is InChI=1S/C19H14FN3O2/c20-15-3-1-2-13(9-15)16-6-7-19(25)23(22-16)11-12-4-5-14-10-18(24)21-17(14)8-12/h1-9H,10-11H2,(H,21,24). The molecule has 4 rings (SSSR count). The predicted octanol–water partition coefficient (Wildman–Crippen LogP) is 2.59. The van der Waals surface area contributed by atoms with Crippen LogP contribution in [0.4, 0.5) is 10.1 Å². The van der Waals surface area contributed by atoms with Crippen molar-refractivity contribution in [2.45, 2.75) is 13.0 Å². The molecule has 0 saturated carbocycles. The number of benzene rings is 2. The van der Waals surface area contributed by atoms with Gasteiger partial charge in [-0.15, -0.1) is 0 Å². The van der Waals surface area contributed by atoms with Crippen molar-refractivity contribution in [2.75, 3.05) is 5.32 Å². The predicted molar refractivity (Wildman–Crippen MR) is 91.8 cm³/mol. The summed E-state index contributed by atoms with van der Waals surface area (Å²) in [5.41, 5.74) is 3.46. The minimum Gasteiger partial charge on any atom is -0.326 e. The van der Waals surface area contributed by atoms with Gasteiger partial charge in [0.05, 0.1) is 18.7 Å². The van der Waals surface area contributed by atoms with E-state index in [1.165, 1.54) is 22.9 Å². The second-order valence-electron chi connectivity index (χ2n) is 5.94. The highest BCUT2D eigenvalue weighted by Crippen LogP contribution is 2.24. The van der Waals surface area contributed by atoms with Gasteiger partial charge in [0.25, 0.3) is 5.56 Å². The van der Waals surface area contributed by atoms with Crippen LogP contribution < -0.4 is 10.9 Å². The molecule has 5 nitrogen and oxygen atoms in total. The van der Waals surface area contributed by atoms with Gasteiger partial charge in [0.2, 0.25) is 5.91 Å². The Morgan fingerprint density at radius 3 is 2.80 bits per heavy atom. The van der Waals surface area contributed by atoms with Crippen LogP contribution in [-0.2, 0) is 17.8 Å². The monoisotopic (exact) mass is 335 g/mol. The molecule has 2 aromatic carbocycles. The van der Waals surface area contributed by atoms with E-state index in [-0.39, 0.29) is 23.8 Å². The van der Waals surface area contributed by atoms with E-state index >= 15 is 0 Å². The highest BCUT2D eigenvalue weighted by Gasteiger charge is 2.17. The van der Waals surface area contributed by atoms with Crippen molar-refractivity contribution in [1.29, 1.82) is 0 Å². The third-order valence-corrected chi connectivity index (χ3v) is 4.12. The zero-order valence-corrected chi connectivity index (χ0v) is 13.2. The highest BCUT2D eigenvalue weighted by atomic mass is 19.1. The Labute approximate surface area is 142 Å². The van der Waals surface area contributed by atoms with Crippen molar-refractivity contribution < 1.29 is 9.18 Å². The Balaban J connectivity index is 1.67. The van der Waals surface area contributed by atoms with Crippen molar-refractivity contribution in [3.05, 3.63) is 81.9 Å². The van der Waals surface area contributed by atoms with Gasteiger partial charge >= 0.3 is 0 Å². The van der Waals surface area contributed by atoms with Crippen molar-refractivity contribution >= 4 is 11.6 Å². The molecule has 6 heteroatoms. The summed E-state index contributed by atoms with van der Waals surface area (Å²) in [6.45, 7) is 0.269. The number of hydrogen-bond acceptors (Lipinski definition) is 3. The second-order valence-corrected chi connectivity index (χ2v) is 5.94. The number of amides is 1. The summed E-state index contributed by atoms with van der Waals surface area (Å²) in [4.78, 5) is 23.6. The topological polar surface area (TPSA) is 64.0 Å². The number of nitrogens with zero attached hydrogens (tertiary/aromatic N) is 2. The molecule has 1 aliphatic rings. The minimum atomic E-state index is -0.355. The molecule has 2 heterocycles. The first-order valence-corrected chi connectivity index (χ1v) is 7.84. The van der Waals surface area contributed by atoms with Crippen LogP contribution in [0.5, 0.6) is 0 Å². The molecule has 124 valence electrons. The Bertz CT molecular complexity index is 1040. The molecular weight excluding hydrogens is 321 g/mol. The molecule has 0 radical (unpaired) electrons. The van der Waals surface area contributed by atoms with E-state index in [0.717, 1.165) is 16.8 Å². The summed E-state index contributed by atoms with van der Waals surface area (Å²) in [5, 5.41) is 7.13. The van der Waals surface area contributed by atoms with Gasteiger partial charge in [-0.05, 0) is 35.4 Å². The maximum atomic E-state index is 13.4. The number of aromatic nitrogens is 2. The molecule has 0 bridgehead atoms. The van der Waals surface area contributed by atoms with E-state index in [1.54, 1.807) is 18.2 Å². The summed E-state index contributed by atoms with van der Waals surface area (Å²) in [5.74, 6) is -0.387. The fourth-order valence-corrected chi connectivity index (χ4v) is 2.90. The lowest BCUT2D eigenvalue weighted by molar-refractivity contribution is -0.115. The number of anilines is 1. The number of fused-ring (bicyclic) bond motifs is 1. The maximum absolute atomic E-state index is 13.4. The summed E-state index contributed by atoms with van der Waals surface area (Å²) in [6, 6.07) is 14.7. The average molecular weight is 335 g/mol. The van der Waals surface area contributed by atoms with Gasteiger partial charge in [-0.3, -0.25) is 9.59 Å². The zero-order chi connectivity index (χ0) is 17.4. The number of nitrogens with one attached hydrogen (secondary N) is 1. The van der Waals surface area contributed by atoms with E-state index in [4.69, 9.17) is 0 Å². The molecule has 0 spiro atoms. The van der Waals surface area contributed by atoms with E-state index in [0.29, 0.717) is 17.7 Å². The number of hydrogen-bond donors (Lipinski definition) is 1. The average Bonchev–Trinajstić information content (AvgIpc) is 2.96. The maximum Gasteiger partial charge on any atom is 0.267 e. The Hall–Kier alpha value is -3.28. The fraction of sp³-hybridized carbons (Fsp3) is 0.105. The molecule has 1 aliphatic heterocycles. The first kappa shape index (κ1) is 15.3. The van der Waals surface area contributed by atoms with Crippen molar-refractivity contribution in [3.63, 3.8) is 0 Å². The lowest BCUT2D eigenvalue weighted by Crippen LogP contribution is -2.22. The first-order chi connectivity index (χ1) is 12.1. The Morgan fingerprint density at radius 2 is 1.96 bits per heavy atom. The third kappa shape index (κ3) is 3.06. The largest absolute Gasteiger partial charge is 0.326 e. The fourth-order valence-electron chi connectivity index (χ4n) is 2.90. The molecular formula is C19H14FN3O2. The van der Waals surface area contributed by atoms with Crippen LogP contribution in [0.3, 0.4) is 0 Å². The third-order valence-electron chi connectivity index (χ3n) is 4.12. The minimum absolute atomic E-state index is 0.0319. The molecule has 1 N–H and O–H groups in total. The first-order valence-electron chi connectivity index (χ1n) is 7.84. The van der Waals surface area contributed by atoms with Gasteiger partial charge in [-0.25, -0.2) is 9.07 Å². The van der Waals surface area contributed by atoms with Crippen LogP contribution >= 0.6 is 0 Å². The quantitative estimate of drug-likeness (QED) is 0.800. The van der Waals surface area contributed by atoms with E-state index in [1.807, 2.05) is 18.2 Å². The smallest absolute Gasteiger partial charge is 0.267 e. The van der Waals surface area contributed by atoms with E-state index < -0.39 is 0 Å². The molecule has 0 atom stereocenters. The normalized spacial score (nSPS) is 12.8. The van der Waals surface area contributed by atoms with Crippen molar-refractivity contribution in [1.82, 2.24) is 9.78 Å². The van der Waals surface area contributed by atoms with Gasteiger partial charge in [0, 0.05) is 17.3 Å². The van der Waals surface area contributed by atoms with Crippen LogP contribution in [0.15, 0.2) is 59.4 Å². The molecule has 3 aromatic rings. The molecule has 0 fully saturated rings. The zero-order valence-electron chi connectivity index (χ0n) is 13.2. The SMILES string of the molecule is O=C1Cc2ccc(Cn3nc(-c4cccc(F)c4)ccc3=O)cc2N1. The lowest BCUT2D eigenvalue weighted by Gasteiger charge is -2.09. The van der Waals surface area contributed by atoms with Crippen LogP contribution in [-0.4, -0.2) is 15.7 Å². The van der Waals surface area contributed by atoms with Crippen LogP contribution in [0.25, 0.3) is 11.3 Å². The van der Waals surface area contributed by atoms with Crippen molar-refractivity contribution in [2.24, 2.45) is 0 Å². The number of carbonyl (C=O) groups is 1. The van der Waals surface area contributed by atoms with Crippen molar-refractivity contribution in [3.8, 4) is 11.3 Å². The molecule has 0 aliphatic carbocycles. The summed E-state index contributed by atoms with van der Waals surface area (Å²) < 4.78 is 14.7. The molecule has 25 heavy (non-hydrogen) atoms. The number of rotatable bonds is 3. The Morgan fingerprint density at radius 1 is 1.08 bits per heavy atom. The molecule has 0 saturated heterocycles. The molecule has 1 aromatic heterocycles. The Kier molecular flexibility index (Phi) is 3.65. The second kappa shape index (κ2) is 5.98. The van der Waals surface area contributed by atoms with Gasteiger partial charge in [-0.2, -0.15) is 5.10 Å².